The SMILES string of the molecule is C=C(c1c(OB(C)O)cnc2[nH]ccc12)C1CC(NC(=O)OC(C)(C)C)C1. The topological polar surface area (TPSA) is 96.5 Å². The second-order valence-corrected chi connectivity index (χ2v) is 7.99. The molecule has 144 valence electrons. The molecule has 2 heterocycles. The highest BCUT2D eigenvalue weighted by molar-refractivity contribution is 6.41. The van der Waals surface area contributed by atoms with Crippen LogP contribution in [0.15, 0.2) is 25.0 Å². The smallest absolute Gasteiger partial charge is 0.519 e. The molecule has 7 nitrogen and oxygen atoms in total. The third-order valence-corrected chi connectivity index (χ3v) is 4.52. The van der Waals surface area contributed by atoms with Crippen LogP contribution in [-0.4, -0.2) is 39.8 Å². The minimum Gasteiger partial charge on any atom is -0.535 e. The first kappa shape index (κ1) is 19.3. The van der Waals surface area contributed by atoms with Gasteiger partial charge in [0.05, 0.1) is 6.20 Å². The van der Waals surface area contributed by atoms with Crippen molar-refractivity contribution in [1.82, 2.24) is 15.3 Å². The number of aromatic nitrogens is 2. The number of amides is 1. The van der Waals surface area contributed by atoms with Gasteiger partial charge in [0, 0.05) is 23.2 Å². The van der Waals surface area contributed by atoms with Crippen molar-refractivity contribution in [1.29, 1.82) is 0 Å². The minimum absolute atomic E-state index is 0.0614. The van der Waals surface area contributed by atoms with Gasteiger partial charge < -0.3 is 24.7 Å². The van der Waals surface area contributed by atoms with Crippen LogP contribution in [0.5, 0.6) is 5.75 Å². The van der Waals surface area contributed by atoms with Crippen molar-refractivity contribution in [2.24, 2.45) is 5.92 Å². The summed E-state index contributed by atoms with van der Waals surface area (Å²) < 4.78 is 10.8. The highest BCUT2D eigenvalue weighted by Gasteiger charge is 2.35. The Kier molecular flexibility index (Phi) is 5.19. The van der Waals surface area contributed by atoms with E-state index in [4.69, 9.17) is 9.39 Å². The number of carbonyl (C=O) groups is 1. The Morgan fingerprint density at radius 1 is 1.44 bits per heavy atom. The minimum atomic E-state index is -0.947. The van der Waals surface area contributed by atoms with Gasteiger partial charge in [0.2, 0.25) is 0 Å². The van der Waals surface area contributed by atoms with Crippen molar-refractivity contribution in [2.45, 2.75) is 52.1 Å². The maximum absolute atomic E-state index is 11.9. The standard InChI is InChI=1S/C19H26BN3O4/c1-11(12-8-13(9-12)23-18(24)26-19(2,3)4)16-14-6-7-21-17(14)22-10-15(16)27-20(5)25/h6-7,10,12-13,25H,1,8-9H2,2-5H3,(H,21,22)(H,23,24). The summed E-state index contributed by atoms with van der Waals surface area (Å²) in [6.45, 7) is 11.3. The van der Waals surface area contributed by atoms with Gasteiger partial charge >= 0.3 is 13.2 Å². The molecule has 0 unspecified atom stereocenters. The van der Waals surface area contributed by atoms with E-state index in [-0.39, 0.29) is 12.0 Å². The molecule has 3 N–H and O–H groups in total. The van der Waals surface area contributed by atoms with Crippen LogP contribution < -0.4 is 9.97 Å². The van der Waals surface area contributed by atoms with Gasteiger partial charge in [-0.3, -0.25) is 0 Å². The van der Waals surface area contributed by atoms with Gasteiger partial charge in [-0.1, -0.05) is 6.58 Å². The Bertz CT molecular complexity index is 850. The number of carbonyl (C=O) groups excluding carboxylic acids is 1. The Balaban J connectivity index is 1.70. The van der Waals surface area contributed by atoms with Crippen LogP contribution in [0.1, 0.15) is 39.2 Å². The van der Waals surface area contributed by atoms with E-state index in [0.29, 0.717) is 5.75 Å². The third kappa shape index (κ3) is 4.44. The Hall–Kier alpha value is -2.48. The van der Waals surface area contributed by atoms with E-state index in [1.807, 2.05) is 33.0 Å². The number of aromatic amines is 1. The van der Waals surface area contributed by atoms with Crippen LogP contribution in [0, 0.1) is 5.92 Å². The van der Waals surface area contributed by atoms with E-state index < -0.39 is 18.8 Å². The molecule has 2 aromatic heterocycles. The summed E-state index contributed by atoms with van der Waals surface area (Å²) >= 11 is 0. The fraction of sp³-hybridized carbons (Fsp3) is 0.474. The largest absolute Gasteiger partial charge is 0.535 e. The van der Waals surface area contributed by atoms with E-state index in [1.165, 1.54) is 0 Å². The number of allylic oxidation sites excluding steroid dienone is 1. The van der Waals surface area contributed by atoms with Crippen LogP contribution in [0.3, 0.4) is 0 Å². The van der Waals surface area contributed by atoms with E-state index >= 15 is 0 Å². The number of rotatable bonds is 5. The molecule has 2 aromatic rings. The molecular formula is C19H26BN3O4. The highest BCUT2D eigenvalue weighted by atomic mass is 16.6. The quantitative estimate of drug-likeness (QED) is 0.701. The van der Waals surface area contributed by atoms with Crippen LogP contribution in [-0.2, 0) is 4.74 Å². The molecule has 0 saturated heterocycles. The van der Waals surface area contributed by atoms with E-state index in [2.05, 4.69) is 21.9 Å². The number of H-pyrrole nitrogens is 1. The van der Waals surface area contributed by atoms with Crippen molar-refractivity contribution >= 4 is 29.8 Å². The zero-order chi connectivity index (χ0) is 19.8. The van der Waals surface area contributed by atoms with Crippen molar-refractivity contribution < 1.29 is 19.2 Å². The molecule has 1 aliphatic carbocycles. The molecule has 8 heteroatoms. The summed E-state index contributed by atoms with van der Waals surface area (Å²) in [5.41, 5.74) is 2.00. The van der Waals surface area contributed by atoms with Gasteiger partial charge in [-0.15, -0.1) is 0 Å². The Morgan fingerprint density at radius 3 is 2.78 bits per heavy atom. The van der Waals surface area contributed by atoms with Crippen LogP contribution in [0.25, 0.3) is 16.6 Å². The molecule has 0 atom stereocenters. The molecule has 3 rings (SSSR count). The maximum atomic E-state index is 11.9. The first-order valence-corrected chi connectivity index (χ1v) is 9.13. The molecule has 0 radical (unpaired) electrons. The van der Waals surface area contributed by atoms with Gasteiger partial charge in [-0.05, 0) is 58.0 Å². The van der Waals surface area contributed by atoms with Crippen molar-refractivity contribution in [2.75, 3.05) is 0 Å². The molecule has 1 fully saturated rings. The highest BCUT2D eigenvalue weighted by Crippen LogP contribution is 2.43. The number of alkyl carbamates (subject to hydrolysis) is 1. The van der Waals surface area contributed by atoms with Crippen LogP contribution >= 0.6 is 0 Å². The maximum Gasteiger partial charge on any atom is 0.519 e. The number of pyridine rings is 1. The zero-order valence-corrected chi connectivity index (χ0v) is 16.2. The van der Waals surface area contributed by atoms with Crippen molar-refractivity contribution in [3.8, 4) is 5.75 Å². The lowest BCUT2D eigenvalue weighted by atomic mass is 9.73. The van der Waals surface area contributed by atoms with E-state index in [0.717, 1.165) is 35.0 Å². The lowest BCUT2D eigenvalue weighted by Gasteiger charge is -2.38. The zero-order valence-electron chi connectivity index (χ0n) is 16.2. The molecule has 1 aliphatic rings. The monoisotopic (exact) mass is 371 g/mol. The fourth-order valence-corrected chi connectivity index (χ4v) is 3.29. The number of hydrogen-bond donors (Lipinski definition) is 3. The van der Waals surface area contributed by atoms with E-state index in [9.17, 15) is 9.82 Å². The summed E-state index contributed by atoms with van der Waals surface area (Å²) in [5.74, 6) is 0.715. The average Bonchev–Trinajstić information content (AvgIpc) is 2.95. The Morgan fingerprint density at radius 2 is 2.15 bits per heavy atom. The van der Waals surface area contributed by atoms with E-state index in [1.54, 1.807) is 13.0 Å². The summed E-state index contributed by atoms with van der Waals surface area (Å²) in [4.78, 5) is 19.3. The average molecular weight is 371 g/mol. The second kappa shape index (κ2) is 7.27. The van der Waals surface area contributed by atoms with Gasteiger partial charge in [-0.2, -0.15) is 0 Å². The van der Waals surface area contributed by atoms with Gasteiger partial charge in [0.1, 0.15) is 17.0 Å². The molecule has 1 amide bonds. The summed E-state index contributed by atoms with van der Waals surface area (Å²) in [6, 6.07) is 1.98. The van der Waals surface area contributed by atoms with Crippen molar-refractivity contribution in [3.63, 3.8) is 0 Å². The lowest BCUT2D eigenvalue weighted by molar-refractivity contribution is 0.0467. The third-order valence-electron chi connectivity index (χ3n) is 4.52. The molecule has 0 spiro atoms. The Labute approximate surface area is 159 Å². The number of hydrogen-bond acceptors (Lipinski definition) is 5. The van der Waals surface area contributed by atoms with Crippen LogP contribution in [0.4, 0.5) is 4.79 Å². The summed E-state index contributed by atoms with van der Waals surface area (Å²) in [7, 11) is -0.947. The molecular weight excluding hydrogens is 345 g/mol. The molecule has 1 saturated carbocycles. The van der Waals surface area contributed by atoms with Crippen molar-refractivity contribution in [3.05, 3.63) is 30.6 Å². The molecule has 0 aromatic carbocycles. The number of fused-ring (bicyclic) bond motifs is 1. The molecule has 0 aliphatic heterocycles. The molecule has 27 heavy (non-hydrogen) atoms. The lowest BCUT2D eigenvalue weighted by Crippen LogP contribution is -2.46. The normalized spacial score (nSPS) is 19.3. The van der Waals surface area contributed by atoms with Gasteiger partial charge in [-0.25, -0.2) is 9.78 Å². The first-order valence-electron chi connectivity index (χ1n) is 9.13. The molecule has 0 bridgehead atoms. The predicted octanol–water partition coefficient (Wildman–Crippen LogP) is 3.37. The first-order chi connectivity index (χ1) is 12.6. The fourth-order valence-electron chi connectivity index (χ4n) is 3.29. The predicted molar refractivity (Wildman–Crippen MR) is 105 cm³/mol. The second-order valence-electron chi connectivity index (χ2n) is 7.99. The van der Waals surface area contributed by atoms with Gasteiger partial charge in [0.15, 0.2) is 0 Å². The van der Waals surface area contributed by atoms with Gasteiger partial charge in [0.25, 0.3) is 0 Å². The summed E-state index contributed by atoms with van der Waals surface area (Å²) in [5, 5.41) is 13.4. The summed E-state index contributed by atoms with van der Waals surface area (Å²) in [6.07, 6.45) is 4.57. The number of nitrogens with zero attached hydrogens (tertiary/aromatic N) is 1. The number of ether oxygens (including phenoxy) is 1. The number of nitrogens with one attached hydrogen (secondary N) is 2. The van der Waals surface area contributed by atoms with Crippen LogP contribution in [0.2, 0.25) is 6.82 Å².